The molecule has 3 nitrogen and oxygen atoms in total. The Morgan fingerprint density at radius 3 is 2.90 bits per heavy atom. The largest absolute Gasteiger partial charge is 0.271 e. The highest BCUT2D eigenvalue weighted by molar-refractivity contribution is 7.27. The van der Waals surface area contributed by atoms with Crippen LogP contribution in [0.1, 0.15) is 16.5 Å². The van der Waals surface area contributed by atoms with E-state index >= 15 is 0 Å². The van der Waals surface area contributed by atoms with Crippen molar-refractivity contribution in [2.45, 2.75) is 6.04 Å². The number of fused-ring (bicyclic) bond motifs is 2. The highest BCUT2D eigenvalue weighted by Gasteiger charge is 2.18. The molecular formula is C16H13N3S2. The van der Waals surface area contributed by atoms with E-state index in [2.05, 4.69) is 40.1 Å². The molecule has 1 aromatic carbocycles. The van der Waals surface area contributed by atoms with E-state index in [9.17, 15) is 0 Å². The van der Waals surface area contributed by atoms with Crippen LogP contribution < -0.4 is 11.3 Å². The zero-order chi connectivity index (χ0) is 14.2. The average Bonchev–Trinajstić information content (AvgIpc) is 3.10. The Balaban J connectivity index is 1.90. The van der Waals surface area contributed by atoms with Gasteiger partial charge in [0.2, 0.25) is 0 Å². The maximum absolute atomic E-state index is 5.86. The maximum Gasteiger partial charge on any atom is 0.0809 e. The minimum absolute atomic E-state index is 0.0116. The van der Waals surface area contributed by atoms with Crippen LogP contribution in [0.4, 0.5) is 0 Å². The van der Waals surface area contributed by atoms with Gasteiger partial charge in [-0.25, -0.2) is 5.43 Å². The number of hydrogen-bond acceptors (Lipinski definition) is 5. The van der Waals surface area contributed by atoms with Crippen LogP contribution in [0.15, 0.2) is 54.0 Å². The second-order valence-electron chi connectivity index (χ2n) is 4.81. The highest BCUT2D eigenvalue weighted by atomic mass is 32.1. The second kappa shape index (κ2) is 5.20. The third kappa shape index (κ3) is 2.15. The van der Waals surface area contributed by atoms with Gasteiger partial charge in [0.15, 0.2) is 0 Å². The first-order valence-corrected chi connectivity index (χ1v) is 8.33. The molecule has 0 amide bonds. The molecule has 0 aliphatic rings. The van der Waals surface area contributed by atoms with Crippen molar-refractivity contribution in [3.63, 3.8) is 0 Å². The van der Waals surface area contributed by atoms with Crippen LogP contribution in [-0.2, 0) is 0 Å². The molecule has 1 unspecified atom stereocenters. The Bertz CT molecular complexity index is 876. The number of hydrogen-bond donors (Lipinski definition) is 2. The molecule has 0 bridgehead atoms. The summed E-state index contributed by atoms with van der Waals surface area (Å²) < 4.78 is 2.63. The summed E-state index contributed by atoms with van der Waals surface area (Å²) in [7, 11) is 0. The molecule has 0 fully saturated rings. The summed E-state index contributed by atoms with van der Waals surface area (Å²) in [5.74, 6) is 5.86. The lowest BCUT2D eigenvalue weighted by Crippen LogP contribution is -2.28. The van der Waals surface area contributed by atoms with Crippen molar-refractivity contribution in [1.82, 2.24) is 10.4 Å². The van der Waals surface area contributed by atoms with Gasteiger partial charge in [-0.2, -0.15) is 0 Å². The van der Waals surface area contributed by atoms with E-state index < -0.39 is 0 Å². The molecule has 21 heavy (non-hydrogen) atoms. The normalized spacial score (nSPS) is 13.0. The number of thiophene rings is 2. The Labute approximate surface area is 130 Å². The average molecular weight is 311 g/mol. The Hall–Kier alpha value is -1.79. The van der Waals surface area contributed by atoms with Gasteiger partial charge in [-0.3, -0.25) is 10.8 Å². The molecule has 3 N–H and O–H groups in total. The van der Waals surface area contributed by atoms with Crippen LogP contribution in [0.2, 0.25) is 0 Å². The van der Waals surface area contributed by atoms with E-state index in [4.69, 9.17) is 5.84 Å². The Kier molecular flexibility index (Phi) is 3.20. The van der Waals surface area contributed by atoms with Gasteiger partial charge in [0, 0.05) is 25.9 Å². The van der Waals surface area contributed by atoms with E-state index in [1.807, 2.05) is 24.4 Å². The first kappa shape index (κ1) is 12.9. The van der Waals surface area contributed by atoms with Crippen molar-refractivity contribution in [3.05, 3.63) is 64.5 Å². The minimum atomic E-state index is -0.0116. The zero-order valence-corrected chi connectivity index (χ0v) is 12.7. The number of nitrogens with one attached hydrogen (secondary N) is 1. The van der Waals surface area contributed by atoms with Crippen LogP contribution in [0.3, 0.4) is 0 Å². The zero-order valence-electron chi connectivity index (χ0n) is 11.1. The second-order valence-corrected chi connectivity index (χ2v) is 6.88. The molecule has 3 aromatic heterocycles. The Morgan fingerprint density at radius 2 is 2.05 bits per heavy atom. The van der Waals surface area contributed by atoms with E-state index in [0.717, 1.165) is 16.5 Å². The molecule has 0 radical (unpaired) electrons. The fourth-order valence-electron chi connectivity index (χ4n) is 2.63. The van der Waals surface area contributed by atoms with Crippen LogP contribution >= 0.6 is 22.7 Å². The molecule has 104 valence electrons. The topological polar surface area (TPSA) is 50.9 Å². The van der Waals surface area contributed by atoms with Gasteiger partial charge in [-0.15, -0.1) is 22.7 Å². The molecule has 0 spiro atoms. The number of hydrazine groups is 1. The van der Waals surface area contributed by atoms with Crippen molar-refractivity contribution in [3.8, 4) is 0 Å². The van der Waals surface area contributed by atoms with Crippen LogP contribution in [0.5, 0.6) is 0 Å². The van der Waals surface area contributed by atoms with E-state index in [0.29, 0.717) is 0 Å². The van der Waals surface area contributed by atoms with E-state index in [1.165, 1.54) is 14.3 Å². The lowest BCUT2D eigenvalue weighted by Gasteiger charge is -2.16. The minimum Gasteiger partial charge on any atom is -0.271 e. The smallest absolute Gasteiger partial charge is 0.0809 e. The molecule has 4 rings (SSSR count). The summed E-state index contributed by atoms with van der Waals surface area (Å²) in [6.45, 7) is 0. The summed E-state index contributed by atoms with van der Waals surface area (Å²) in [5, 5.41) is 3.26. The van der Waals surface area contributed by atoms with Crippen molar-refractivity contribution in [2.24, 2.45) is 5.84 Å². The standard InChI is InChI=1S/C16H13N3S2/c17-19-16(15-9-14-13(21-15)6-8-20-14)11-3-1-5-12-10(11)4-2-7-18-12/h1-9,16,19H,17H2. The van der Waals surface area contributed by atoms with Crippen LogP contribution in [0, 0.1) is 0 Å². The predicted octanol–water partition coefficient (Wildman–Crippen LogP) is 4.06. The molecule has 0 saturated carbocycles. The van der Waals surface area contributed by atoms with Crippen molar-refractivity contribution in [1.29, 1.82) is 0 Å². The maximum atomic E-state index is 5.86. The number of nitrogens with zero attached hydrogens (tertiary/aromatic N) is 1. The number of rotatable bonds is 3. The van der Waals surface area contributed by atoms with Gasteiger partial charge in [-0.1, -0.05) is 18.2 Å². The third-order valence-corrected chi connectivity index (χ3v) is 5.76. The third-order valence-electron chi connectivity index (χ3n) is 3.60. The molecular weight excluding hydrogens is 298 g/mol. The predicted molar refractivity (Wildman–Crippen MR) is 90.6 cm³/mol. The number of benzene rings is 1. The fraction of sp³-hybridized carbons (Fsp3) is 0.0625. The van der Waals surface area contributed by atoms with Crippen LogP contribution in [0.25, 0.3) is 20.3 Å². The summed E-state index contributed by atoms with van der Waals surface area (Å²) in [6.07, 6.45) is 1.82. The molecule has 5 heteroatoms. The van der Waals surface area contributed by atoms with Crippen molar-refractivity contribution in [2.75, 3.05) is 0 Å². The number of nitrogens with two attached hydrogens (primary N) is 1. The molecule has 4 aromatic rings. The van der Waals surface area contributed by atoms with Gasteiger partial charge in [0.05, 0.1) is 11.6 Å². The number of pyridine rings is 1. The summed E-state index contributed by atoms with van der Waals surface area (Å²) in [6, 6.07) is 14.6. The summed E-state index contributed by atoms with van der Waals surface area (Å²) in [4.78, 5) is 5.65. The van der Waals surface area contributed by atoms with Crippen LogP contribution in [-0.4, -0.2) is 4.98 Å². The first-order chi connectivity index (χ1) is 10.4. The summed E-state index contributed by atoms with van der Waals surface area (Å²) >= 11 is 3.55. The molecule has 0 aliphatic heterocycles. The van der Waals surface area contributed by atoms with Gasteiger partial charge in [0.25, 0.3) is 0 Å². The van der Waals surface area contributed by atoms with Crippen molar-refractivity contribution < 1.29 is 0 Å². The Morgan fingerprint density at radius 1 is 1.10 bits per heavy atom. The van der Waals surface area contributed by atoms with Gasteiger partial charge >= 0.3 is 0 Å². The van der Waals surface area contributed by atoms with Gasteiger partial charge < -0.3 is 0 Å². The molecule has 1 atom stereocenters. The SMILES string of the molecule is NNC(c1cc2sccc2s1)c1cccc2ncccc12. The van der Waals surface area contributed by atoms with Crippen molar-refractivity contribution >= 4 is 43.0 Å². The lowest BCUT2D eigenvalue weighted by atomic mass is 10.0. The lowest BCUT2D eigenvalue weighted by molar-refractivity contribution is 0.651. The first-order valence-electron chi connectivity index (χ1n) is 6.63. The monoisotopic (exact) mass is 311 g/mol. The fourth-order valence-corrected chi connectivity index (χ4v) is 4.83. The molecule has 0 saturated heterocycles. The molecule has 0 aliphatic carbocycles. The summed E-state index contributed by atoms with van der Waals surface area (Å²) in [5.41, 5.74) is 5.12. The van der Waals surface area contributed by atoms with E-state index in [1.54, 1.807) is 22.7 Å². The van der Waals surface area contributed by atoms with E-state index in [-0.39, 0.29) is 6.04 Å². The number of aromatic nitrogens is 1. The highest BCUT2D eigenvalue weighted by Crippen LogP contribution is 2.37. The van der Waals surface area contributed by atoms with Gasteiger partial charge in [-0.05, 0) is 35.2 Å². The molecule has 3 heterocycles. The quantitative estimate of drug-likeness (QED) is 0.443. The van der Waals surface area contributed by atoms with Gasteiger partial charge in [0.1, 0.15) is 0 Å².